The molecule has 0 saturated carbocycles. The zero-order valence-corrected chi connectivity index (χ0v) is 30.0. The van der Waals surface area contributed by atoms with E-state index in [0.29, 0.717) is 84.9 Å². The molecule has 0 amide bonds. The molecule has 0 aliphatic carbocycles. The molecule has 0 spiro atoms. The van der Waals surface area contributed by atoms with Crippen molar-refractivity contribution in [1.82, 2.24) is 35.3 Å². The summed E-state index contributed by atoms with van der Waals surface area (Å²) in [5.41, 5.74) is 15.9. The highest BCUT2D eigenvalue weighted by Gasteiger charge is 2.03. The molecule has 6 N–H and O–H groups in total. The summed E-state index contributed by atoms with van der Waals surface area (Å²) in [5.74, 6) is 0.873. The van der Waals surface area contributed by atoms with Gasteiger partial charge in [0.15, 0.2) is 27.8 Å². The second-order valence-electron chi connectivity index (χ2n) is 8.61. The average Bonchev–Trinajstić information content (AvgIpc) is 3.05. The van der Waals surface area contributed by atoms with Gasteiger partial charge in [0.2, 0.25) is 5.28 Å². The fourth-order valence-corrected chi connectivity index (χ4v) is 3.07. The van der Waals surface area contributed by atoms with Crippen LogP contribution in [0.4, 0.5) is 11.6 Å². The molecule has 0 aliphatic heterocycles. The van der Waals surface area contributed by atoms with Crippen LogP contribution in [0.25, 0.3) is 0 Å². The zero-order valence-electron chi connectivity index (χ0n) is 27.8. The van der Waals surface area contributed by atoms with Crippen molar-refractivity contribution in [2.45, 2.75) is 41.0 Å². The Morgan fingerprint density at radius 1 is 0.596 bits per heavy atom. The second-order valence-corrected chi connectivity index (χ2v) is 9.66. The van der Waals surface area contributed by atoms with E-state index < -0.39 is 0 Å². The van der Waals surface area contributed by atoms with Gasteiger partial charge in [-0.1, -0.05) is 51.4 Å². The smallest absolute Gasteiger partial charge is 0.245 e. The lowest BCUT2D eigenvalue weighted by Crippen LogP contribution is -2.21. The summed E-state index contributed by atoms with van der Waals surface area (Å²) in [6.07, 6.45) is 1.44. The minimum absolute atomic E-state index is 0. The number of aromatic nitrogens is 6. The van der Waals surface area contributed by atoms with Gasteiger partial charge in [-0.25, -0.2) is 4.98 Å². The summed E-state index contributed by atoms with van der Waals surface area (Å²) < 4.78 is 30.5. The van der Waals surface area contributed by atoms with E-state index in [1.807, 2.05) is 0 Å². The molecular formula is C28H57Cl3N10O6. The first-order valence-electron chi connectivity index (χ1n) is 14.9. The van der Waals surface area contributed by atoms with Crippen LogP contribution < -0.4 is 17.2 Å². The molecule has 16 nitrogen and oxygen atoms in total. The van der Waals surface area contributed by atoms with Crippen molar-refractivity contribution < 1.29 is 28.4 Å². The van der Waals surface area contributed by atoms with Gasteiger partial charge in [0.25, 0.3) is 0 Å². The van der Waals surface area contributed by atoms with Crippen LogP contribution in [-0.4, -0.2) is 142 Å². The molecule has 0 aromatic carbocycles. The Bertz CT molecular complexity index is 946. The third-order valence-electron chi connectivity index (χ3n) is 5.26. The molecule has 0 bridgehead atoms. The van der Waals surface area contributed by atoms with Crippen molar-refractivity contribution in [3.63, 3.8) is 0 Å². The Labute approximate surface area is 295 Å². The topological polar surface area (TPSA) is 214 Å². The normalized spacial score (nSPS) is 10.2. The first kappa shape index (κ1) is 49.6. The van der Waals surface area contributed by atoms with E-state index in [1.54, 1.807) is 14.2 Å². The molecule has 2 aromatic heterocycles. The van der Waals surface area contributed by atoms with Crippen molar-refractivity contribution in [2.75, 3.05) is 118 Å². The molecule has 0 unspecified atom stereocenters. The van der Waals surface area contributed by atoms with Crippen LogP contribution in [0.1, 0.15) is 40.4 Å². The van der Waals surface area contributed by atoms with Crippen LogP contribution in [0.3, 0.4) is 0 Å². The van der Waals surface area contributed by atoms with Gasteiger partial charge in [0, 0.05) is 33.8 Å². The number of nitrogens with two attached hydrogens (primary N) is 3. The predicted octanol–water partition coefficient (Wildman–Crippen LogP) is 3.09. The van der Waals surface area contributed by atoms with E-state index in [9.17, 15) is 0 Å². The molecule has 0 radical (unpaired) electrons. The van der Waals surface area contributed by atoms with Gasteiger partial charge in [-0.05, 0) is 37.7 Å². The molecule has 0 atom stereocenters. The summed E-state index contributed by atoms with van der Waals surface area (Å²) in [5, 5.41) is 14.4. The van der Waals surface area contributed by atoms with Gasteiger partial charge < -0.3 is 50.5 Å². The molecule has 2 heterocycles. The highest BCUT2D eigenvalue weighted by atomic mass is 35.5. The number of nitrogen functional groups attached to an aromatic ring is 2. The summed E-state index contributed by atoms with van der Waals surface area (Å²) in [6.45, 7) is 16.7. The number of anilines is 2. The summed E-state index contributed by atoms with van der Waals surface area (Å²) in [4.78, 5) is 9.90. The van der Waals surface area contributed by atoms with Crippen molar-refractivity contribution in [1.29, 1.82) is 0 Å². The van der Waals surface area contributed by atoms with E-state index in [0.717, 1.165) is 6.42 Å². The predicted molar refractivity (Wildman–Crippen MR) is 188 cm³/mol. The number of aryl methyl sites for hydroxylation is 1. The van der Waals surface area contributed by atoms with E-state index in [4.69, 9.17) is 80.4 Å². The Balaban J connectivity index is -0.000000591. The van der Waals surface area contributed by atoms with Gasteiger partial charge in [-0.2, -0.15) is 4.98 Å². The number of rotatable bonds is 21. The summed E-state index contributed by atoms with van der Waals surface area (Å²) in [6, 6.07) is 0. The van der Waals surface area contributed by atoms with Crippen LogP contribution in [0.15, 0.2) is 0 Å². The number of hydrogen-bond acceptors (Lipinski definition) is 16. The summed E-state index contributed by atoms with van der Waals surface area (Å²) >= 11 is 16.3. The van der Waals surface area contributed by atoms with Gasteiger partial charge in [-0.15, -0.1) is 20.4 Å². The maximum Gasteiger partial charge on any atom is 0.245 e. The first-order chi connectivity index (χ1) is 22.2. The number of ether oxygens (including phenoxy) is 6. The number of hydrogen-bond donors (Lipinski definition) is 3. The molecule has 276 valence electrons. The molecule has 2 aromatic rings. The fraction of sp³-hybridized carbons (Fsp3) is 0.786. The Hall–Kier alpha value is -1.83. The molecule has 0 aliphatic rings. The van der Waals surface area contributed by atoms with Crippen LogP contribution >= 0.6 is 34.8 Å². The number of nitrogens with zero attached hydrogens (tertiary/aromatic N) is 7. The van der Waals surface area contributed by atoms with Gasteiger partial charge >= 0.3 is 0 Å². The highest BCUT2D eigenvalue weighted by Crippen LogP contribution is 2.11. The van der Waals surface area contributed by atoms with Gasteiger partial charge in [0.05, 0.1) is 59.5 Å². The van der Waals surface area contributed by atoms with Gasteiger partial charge in [-0.3, -0.25) is 0 Å². The van der Waals surface area contributed by atoms with Crippen LogP contribution in [0.2, 0.25) is 15.6 Å². The minimum atomic E-state index is -0.00287. The van der Waals surface area contributed by atoms with E-state index in [2.05, 4.69) is 56.0 Å². The second kappa shape index (κ2) is 37.0. The SMILES string of the molecule is C.CCN(CC)CC.COCCOCCOCCCc1nnc(Cl)c(N)n1.COCCOCCOCCN.Nc1nc(Cl)nnc1Cl. The van der Waals surface area contributed by atoms with Crippen molar-refractivity contribution in [2.24, 2.45) is 5.73 Å². The van der Waals surface area contributed by atoms with Crippen LogP contribution in [0.5, 0.6) is 0 Å². The lowest BCUT2D eigenvalue weighted by molar-refractivity contribution is 0.0243. The molecule has 47 heavy (non-hydrogen) atoms. The minimum Gasteiger partial charge on any atom is -0.382 e. The van der Waals surface area contributed by atoms with E-state index in [-0.39, 0.29) is 34.7 Å². The largest absolute Gasteiger partial charge is 0.382 e. The van der Waals surface area contributed by atoms with E-state index >= 15 is 0 Å². The Morgan fingerprint density at radius 3 is 1.40 bits per heavy atom. The third kappa shape index (κ3) is 32.5. The standard InChI is InChI=1S/C11H19ClN4O3.C7H17NO3.C6H15N.C3H2Cl2N4.CH4/c1-17-5-6-19-8-7-18-4-2-3-9-14-11(13)10(12)16-15-9;1-9-4-5-11-7-6-10-3-2-8;1-4-7(5-2)6-3;4-1-2(6)7-3(5)9-8-1;/h2-8H2,1H3,(H2,13,14,15);2-8H2,1H3;4-6H2,1-3H3;(H2,6,7,9);1H4. The number of methoxy groups -OCH3 is 2. The van der Waals surface area contributed by atoms with Crippen LogP contribution in [-0.2, 0) is 34.8 Å². The van der Waals surface area contributed by atoms with Crippen LogP contribution in [0, 0.1) is 0 Å². The average molecular weight is 736 g/mol. The molecule has 2 rings (SSSR count). The Kier molecular flexibility index (Phi) is 39.0. The maximum absolute atomic E-state index is 5.63. The van der Waals surface area contributed by atoms with Crippen molar-refractivity contribution in [3.05, 3.63) is 21.4 Å². The third-order valence-corrected chi connectivity index (χ3v) is 5.96. The maximum atomic E-state index is 5.63. The quantitative estimate of drug-likeness (QED) is 0.157. The molecular weight excluding hydrogens is 679 g/mol. The Morgan fingerprint density at radius 2 is 1.02 bits per heavy atom. The van der Waals surface area contributed by atoms with Gasteiger partial charge in [0.1, 0.15) is 0 Å². The number of halogens is 3. The monoisotopic (exact) mass is 734 g/mol. The first-order valence-corrected chi connectivity index (χ1v) is 16.0. The summed E-state index contributed by atoms with van der Waals surface area (Å²) in [7, 11) is 3.29. The molecule has 19 heteroatoms. The molecule has 0 fully saturated rings. The highest BCUT2D eigenvalue weighted by molar-refractivity contribution is 6.32. The van der Waals surface area contributed by atoms with E-state index in [1.165, 1.54) is 19.6 Å². The fourth-order valence-electron chi connectivity index (χ4n) is 2.79. The zero-order chi connectivity index (χ0) is 34.8. The van der Waals surface area contributed by atoms with Crippen molar-refractivity contribution >= 4 is 46.4 Å². The lowest BCUT2D eigenvalue weighted by atomic mass is 10.3. The lowest BCUT2D eigenvalue weighted by Gasteiger charge is -2.13. The van der Waals surface area contributed by atoms with Crippen molar-refractivity contribution in [3.8, 4) is 0 Å². The molecule has 0 saturated heterocycles.